The molecule has 2 heteroatoms. The van der Waals surface area contributed by atoms with E-state index in [2.05, 4.69) is 6.92 Å². The van der Waals surface area contributed by atoms with Gasteiger partial charge in [-0.25, -0.2) is 0 Å². The van der Waals surface area contributed by atoms with Crippen molar-refractivity contribution in [2.24, 2.45) is 5.92 Å². The predicted molar refractivity (Wildman–Crippen MR) is 56.0 cm³/mol. The Kier molecular flexibility index (Phi) is 4.57. The van der Waals surface area contributed by atoms with Crippen LogP contribution >= 0.6 is 0 Å². The first kappa shape index (κ1) is 11.2. The van der Waals surface area contributed by atoms with Gasteiger partial charge in [-0.05, 0) is 37.7 Å². The molecule has 1 aliphatic carbocycles. The molecule has 0 aromatic heterocycles. The highest BCUT2D eigenvalue weighted by atomic mass is 16.1. The number of allylic oxidation sites excluding steroid dienone is 2. The van der Waals surface area contributed by atoms with Crippen LogP contribution in [0.3, 0.4) is 0 Å². The third kappa shape index (κ3) is 3.09. The summed E-state index contributed by atoms with van der Waals surface area (Å²) < 4.78 is 0. The van der Waals surface area contributed by atoms with Crippen molar-refractivity contribution in [2.75, 3.05) is 0 Å². The molecular formula is C12H18O2. The zero-order valence-electron chi connectivity index (χ0n) is 8.79. The highest BCUT2D eigenvalue weighted by Crippen LogP contribution is 2.27. The van der Waals surface area contributed by atoms with Crippen LogP contribution in [-0.2, 0) is 9.59 Å². The van der Waals surface area contributed by atoms with Gasteiger partial charge in [0.1, 0.15) is 6.29 Å². The number of aldehydes is 1. The highest BCUT2D eigenvalue weighted by molar-refractivity contribution is 5.91. The second-order valence-electron chi connectivity index (χ2n) is 3.89. The maximum atomic E-state index is 11.2. The lowest BCUT2D eigenvalue weighted by atomic mass is 9.84. The van der Waals surface area contributed by atoms with E-state index in [1.165, 1.54) is 5.57 Å². The average Bonchev–Trinajstić information content (AvgIpc) is 2.19. The van der Waals surface area contributed by atoms with Crippen LogP contribution in [0.2, 0.25) is 0 Å². The van der Waals surface area contributed by atoms with Gasteiger partial charge >= 0.3 is 0 Å². The fourth-order valence-corrected chi connectivity index (χ4v) is 2.06. The van der Waals surface area contributed by atoms with E-state index in [9.17, 15) is 9.59 Å². The van der Waals surface area contributed by atoms with E-state index in [4.69, 9.17) is 0 Å². The molecule has 78 valence electrons. The summed E-state index contributed by atoms with van der Waals surface area (Å²) in [6.45, 7) is 2.12. The van der Waals surface area contributed by atoms with E-state index in [0.29, 0.717) is 18.8 Å². The summed E-state index contributed by atoms with van der Waals surface area (Å²) in [6, 6.07) is 0. The molecule has 0 unspecified atom stereocenters. The normalized spacial score (nSPS) is 18.9. The number of hydrogen-bond donors (Lipinski definition) is 0. The Morgan fingerprint density at radius 3 is 2.86 bits per heavy atom. The van der Waals surface area contributed by atoms with Crippen LogP contribution in [0, 0.1) is 5.92 Å². The summed E-state index contributed by atoms with van der Waals surface area (Å²) in [5, 5.41) is 0. The number of ketones is 1. The molecule has 2 nitrogen and oxygen atoms in total. The first-order valence-electron chi connectivity index (χ1n) is 5.44. The highest BCUT2D eigenvalue weighted by Gasteiger charge is 2.17. The predicted octanol–water partition coefficient (Wildman–Crippen LogP) is 2.67. The van der Waals surface area contributed by atoms with Crippen LogP contribution in [0.25, 0.3) is 0 Å². The van der Waals surface area contributed by atoms with Crippen molar-refractivity contribution in [1.29, 1.82) is 0 Å². The summed E-state index contributed by atoms with van der Waals surface area (Å²) in [5.41, 5.74) is 1.27. The van der Waals surface area contributed by atoms with Crippen molar-refractivity contribution in [1.82, 2.24) is 0 Å². The number of hydrogen-bond acceptors (Lipinski definition) is 2. The zero-order chi connectivity index (χ0) is 10.4. The second-order valence-corrected chi connectivity index (χ2v) is 3.89. The van der Waals surface area contributed by atoms with E-state index < -0.39 is 0 Å². The van der Waals surface area contributed by atoms with Gasteiger partial charge in [0.05, 0.1) is 0 Å². The lowest BCUT2D eigenvalue weighted by molar-refractivity contribution is -0.115. The first-order chi connectivity index (χ1) is 6.77. The molecule has 0 N–H and O–H groups in total. The van der Waals surface area contributed by atoms with Crippen LogP contribution < -0.4 is 0 Å². The Labute approximate surface area is 85.4 Å². The molecule has 0 spiro atoms. The lowest BCUT2D eigenvalue weighted by Crippen LogP contribution is -2.11. The number of carbonyl (C=O) groups excluding carboxylic acids is 2. The SMILES string of the molecule is CC[C@H](CCC=O)C1=CC(=O)CCC1. The topological polar surface area (TPSA) is 34.1 Å². The minimum atomic E-state index is 0.260. The summed E-state index contributed by atoms with van der Waals surface area (Å²) in [7, 11) is 0. The van der Waals surface area contributed by atoms with E-state index in [1.54, 1.807) is 0 Å². The van der Waals surface area contributed by atoms with Crippen LogP contribution in [0.15, 0.2) is 11.6 Å². The summed E-state index contributed by atoms with van der Waals surface area (Å²) in [5.74, 6) is 0.709. The van der Waals surface area contributed by atoms with Crippen LogP contribution in [-0.4, -0.2) is 12.1 Å². The summed E-state index contributed by atoms with van der Waals surface area (Å²) in [4.78, 5) is 21.5. The van der Waals surface area contributed by atoms with E-state index in [-0.39, 0.29) is 5.78 Å². The molecule has 0 fully saturated rings. The fraction of sp³-hybridized carbons (Fsp3) is 0.667. The van der Waals surface area contributed by atoms with Gasteiger partial charge in [0.15, 0.2) is 5.78 Å². The minimum absolute atomic E-state index is 0.260. The van der Waals surface area contributed by atoms with Gasteiger partial charge < -0.3 is 4.79 Å². The molecule has 0 aliphatic heterocycles. The van der Waals surface area contributed by atoms with Crippen LogP contribution in [0.4, 0.5) is 0 Å². The van der Waals surface area contributed by atoms with Gasteiger partial charge in [0, 0.05) is 12.8 Å². The third-order valence-electron chi connectivity index (χ3n) is 2.89. The standard InChI is InChI=1S/C12H18O2/c1-2-10(6-4-8-13)11-5-3-7-12(14)9-11/h8-10H,2-7H2,1H3/t10-/m1/s1. The molecule has 1 atom stereocenters. The minimum Gasteiger partial charge on any atom is -0.303 e. The maximum absolute atomic E-state index is 11.2. The fourth-order valence-electron chi connectivity index (χ4n) is 2.06. The Balaban J connectivity index is 2.58. The zero-order valence-corrected chi connectivity index (χ0v) is 8.79. The second kappa shape index (κ2) is 5.74. The molecular weight excluding hydrogens is 176 g/mol. The molecule has 0 saturated carbocycles. The molecule has 0 heterocycles. The van der Waals surface area contributed by atoms with E-state index >= 15 is 0 Å². The lowest BCUT2D eigenvalue weighted by Gasteiger charge is -2.20. The molecule has 0 saturated heterocycles. The van der Waals surface area contributed by atoms with Gasteiger partial charge in [-0.1, -0.05) is 12.5 Å². The molecule has 0 aromatic rings. The molecule has 1 rings (SSSR count). The van der Waals surface area contributed by atoms with Gasteiger partial charge in [-0.2, -0.15) is 0 Å². The van der Waals surface area contributed by atoms with Crippen molar-refractivity contribution in [3.8, 4) is 0 Å². The smallest absolute Gasteiger partial charge is 0.155 e. The van der Waals surface area contributed by atoms with Crippen LogP contribution in [0.1, 0.15) is 45.4 Å². The molecule has 0 aromatic carbocycles. The van der Waals surface area contributed by atoms with E-state index in [1.807, 2.05) is 6.08 Å². The Morgan fingerprint density at radius 1 is 1.50 bits per heavy atom. The van der Waals surface area contributed by atoms with Gasteiger partial charge in [0.25, 0.3) is 0 Å². The summed E-state index contributed by atoms with van der Waals surface area (Å²) in [6.07, 6.45) is 8.06. The molecule has 0 radical (unpaired) electrons. The largest absolute Gasteiger partial charge is 0.303 e. The number of carbonyl (C=O) groups is 2. The van der Waals surface area contributed by atoms with Crippen LogP contribution in [0.5, 0.6) is 0 Å². The molecule has 0 amide bonds. The van der Waals surface area contributed by atoms with Gasteiger partial charge in [0.2, 0.25) is 0 Å². The molecule has 14 heavy (non-hydrogen) atoms. The van der Waals surface area contributed by atoms with Crippen molar-refractivity contribution >= 4 is 12.1 Å². The average molecular weight is 194 g/mol. The quantitative estimate of drug-likeness (QED) is 0.630. The van der Waals surface area contributed by atoms with Crippen molar-refractivity contribution in [3.63, 3.8) is 0 Å². The van der Waals surface area contributed by atoms with Crippen molar-refractivity contribution in [2.45, 2.75) is 45.4 Å². The maximum Gasteiger partial charge on any atom is 0.155 e. The Bertz CT molecular complexity index is 241. The summed E-state index contributed by atoms with van der Waals surface area (Å²) >= 11 is 0. The van der Waals surface area contributed by atoms with Gasteiger partial charge in [-0.3, -0.25) is 4.79 Å². The van der Waals surface area contributed by atoms with Crippen molar-refractivity contribution < 1.29 is 9.59 Å². The van der Waals surface area contributed by atoms with Gasteiger partial charge in [-0.15, -0.1) is 0 Å². The monoisotopic (exact) mass is 194 g/mol. The third-order valence-corrected chi connectivity index (χ3v) is 2.89. The van der Waals surface area contributed by atoms with E-state index in [0.717, 1.165) is 32.0 Å². The molecule has 1 aliphatic rings. The van der Waals surface area contributed by atoms with Crippen molar-refractivity contribution in [3.05, 3.63) is 11.6 Å². The molecule has 0 bridgehead atoms. The Morgan fingerprint density at radius 2 is 2.29 bits per heavy atom. The number of rotatable bonds is 5. The Hall–Kier alpha value is -0.920. The first-order valence-corrected chi connectivity index (χ1v) is 5.44.